The molecule has 0 aliphatic heterocycles. The lowest BCUT2D eigenvalue weighted by molar-refractivity contribution is 0.0692. The SMILES string of the molecule is CC(C)CN(CCCOc1ccccc1C(=O)O)C(C)C. The number of benzene rings is 1. The zero-order chi connectivity index (χ0) is 15.8. The number of ether oxygens (including phenoxy) is 1. The van der Waals surface area contributed by atoms with Crippen LogP contribution in [0.3, 0.4) is 0 Å². The summed E-state index contributed by atoms with van der Waals surface area (Å²) in [5.74, 6) is 0.139. The van der Waals surface area contributed by atoms with Gasteiger partial charge < -0.3 is 14.7 Å². The molecule has 0 amide bonds. The van der Waals surface area contributed by atoms with E-state index < -0.39 is 5.97 Å². The van der Waals surface area contributed by atoms with Gasteiger partial charge in [-0.05, 0) is 38.3 Å². The number of carboxylic acids is 1. The van der Waals surface area contributed by atoms with Crippen LogP contribution in [0.5, 0.6) is 5.75 Å². The molecular formula is C17H27NO3. The second-order valence-electron chi connectivity index (χ2n) is 5.99. The summed E-state index contributed by atoms with van der Waals surface area (Å²) >= 11 is 0. The molecule has 1 N–H and O–H groups in total. The van der Waals surface area contributed by atoms with Crippen molar-refractivity contribution in [3.05, 3.63) is 29.8 Å². The summed E-state index contributed by atoms with van der Waals surface area (Å²) in [6, 6.07) is 7.29. The minimum atomic E-state index is -0.950. The topological polar surface area (TPSA) is 49.8 Å². The number of rotatable bonds is 9. The Kier molecular flexibility index (Phi) is 7.23. The molecule has 1 rings (SSSR count). The lowest BCUT2D eigenvalue weighted by atomic mass is 10.1. The summed E-state index contributed by atoms with van der Waals surface area (Å²) in [5.41, 5.74) is 0.223. The van der Waals surface area contributed by atoms with E-state index in [2.05, 4.69) is 32.6 Å². The maximum Gasteiger partial charge on any atom is 0.339 e. The zero-order valence-electron chi connectivity index (χ0n) is 13.5. The average molecular weight is 293 g/mol. The maximum absolute atomic E-state index is 11.1. The van der Waals surface area contributed by atoms with Crippen LogP contribution in [0.15, 0.2) is 24.3 Å². The predicted molar refractivity (Wildman–Crippen MR) is 85.1 cm³/mol. The molecule has 0 aliphatic rings. The van der Waals surface area contributed by atoms with E-state index in [0.717, 1.165) is 19.5 Å². The first kappa shape index (κ1) is 17.5. The van der Waals surface area contributed by atoms with Crippen molar-refractivity contribution in [3.8, 4) is 5.75 Å². The molecular weight excluding hydrogens is 266 g/mol. The Morgan fingerprint density at radius 2 is 1.90 bits per heavy atom. The highest BCUT2D eigenvalue weighted by molar-refractivity contribution is 5.90. The van der Waals surface area contributed by atoms with E-state index in [4.69, 9.17) is 9.84 Å². The van der Waals surface area contributed by atoms with Crippen LogP contribution in [0.1, 0.15) is 44.5 Å². The Hall–Kier alpha value is -1.55. The fourth-order valence-corrected chi connectivity index (χ4v) is 2.25. The summed E-state index contributed by atoms with van der Waals surface area (Å²) in [5, 5.41) is 9.09. The molecule has 0 saturated heterocycles. The van der Waals surface area contributed by atoms with Gasteiger partial charge in [-0.2, -0.15) is 0 Å². The summed E-state index contributed by atoms with van der Waals surface area (Å²) in [6.45, 7) is 11.4. The molecule has 0 heterocycles. The molecule has 0 aromatic heterocycles. The van der Waals surface area contributed by atoms with Gasteiger partial charge in [-0.15, -0.1) is 0 Å². The molecule has 0 saturated carbocycles. The Labute approximate surface area is 127 Å². The first-order valence-electron chi connectivity index (χ1n) is 7.61. The van der Waals surface area contributed by atoms with Gasteiger partial charge >= 0.3 is 5.97 Å². The minimum absolute atomic E-state index is 0.223. The van der Waals surface area contributed by atoms with Crippen molar-refractivity contribution in [2.45, 2.75) is 40.2 Å². The van der Waals surface area contributed by atoms with E-state index in [1.54, 1.807) is 24.3 Å². The molecule has 4 nitrogen and oxygen atoms in total. The van der Waals surface area contributed by atoms with Crippen molar-refractivity contribution in [2.75, 3.05) is 19.7 Å². The number of aromatic carboxylic acids is 1. The van der Waals surface area contributed by atoms with Gasteiger partial charge in [0, 0.05) is 19.1 Å². The summed E-state index contributed by atoms with van der Waals surface area (Å²) in [4.78, 5) is 13.5. The molecule has 0 aliphatic carbocycles. The normalized spacial score (nSPS) is 11.4. The van der Waals surface area contributed by atoms with Crippen LogP contribution < -0.4 is 4.74 Å². The molecule has 0 spiro atoms. The quantitative estimate of drug-likeness (QED) is 0.708. The van der Waals surface area contributed by atoms with Gasteiger partial charge in [-0.3, -0.25) is 0 Å². The highest BCUT2D eigenvalue weighted by Gasteiger charge is 2.12. The van der Waals surface area contributed by atoms with E-state index in [9.17, 15) is 4.79 Å². The lowest BCUT2D eigenvalue weighted by Gasteiger charge is -2.28. The predicted octanol–water partition coefficient (Wildman–Crippen LogP) is 3.52. The fraction of sp³-hybridized carbons (Fsp3) is 0.588. The van der Waals surface area contributed by atoms with Crippen LogP contribution in [0.25, 0.3) is 0 Å². The van der Waals surface area contributed by atoms with Gasteiger partial charge in [0.1, 0.15) is 11.3 Å². The highest BCUT2D eigenvalue weighted by atomic mass is 16.5. The fourth-order valence-electron chi connectivity index (χ4n) is 2.25. The van der Waals surface area contributed by atoms with Crippen molar-refractivity contribution >= 4 is 5.97 Å². The van der Waals surface area contributed by atoms with Crippen molar-refractivity contribution < 1.29 is 14.6 Å². The maximum atomic E-state index is 11.1. The molecule has 118 valence electrons. The van der Waals surface area contributed by atoms with E-state index in [-0.39, 0.29) is 5.56 Å². The highest BCUT2D eigenvalue weighted by Crippen LogP contribution is 2.18. The van der Waals surface area contributed by atoms with Crippen molar-refractivity contribution in [3.63, 3.8) is 0 Å². The molecule has 0 unspecified atom stereocenters. The van der Waals surface area contributed by atoms with Crippen molar-refractivity contribution in [1.29, 1.82) is 0 Å². The van der Waals surface area contributed by atoms with Gasteiger partial charge in [0.05, 0.1) is 6.61 Å². The number of para-hydroxylation sites is 1. The monoisotopic (exact) mass is 293 g/mol. The van der Waals surface area contributed by atoms with E-state index in [1.807, 2.05) is 0 Å². The van der Waals surface area contributed by atoms with E-state index >= 15 is 0 Å². The average Bonchev–Trinajstić information content (AvgIpc) is 2.41. The van der Waals surface area contributed by atoms with Crippen LogP contribution in [-0.4, -0.2) is 41.7 Å². The third-order valence-corrected chi connectivity index (χ3v) is 3.29. The van der Waals surface area contributed by atoms with Gasteiger partial charge in [0.15, 0.2) is 0 Å². The Balaban J connectivity index is 2.45. The van der Waals surface area contributed by atoms with Gasteiger partial charge in [0.2, 0.25) is 0 Å². The van der Waals surface area contributed by atoms with Crippen LogP contribution in [0, 0.1) is 5.92 Å². The van der Waals surface area contributed by atoms with Crippen LogP contribution in [0.2, 0.25) is 0 Å². The standard InChI is InChI=1S/C17H27NO3/c1-13(2)12-18(14(3)4)10-7-11-21-16-9-6-5-8-15(16)17(19)20/h5-6,8-9,13-14H,7,10-12H2,1-4H3,(H,19,20). The number of nitrogens with zero attached hydrogens (tertiary/aromatic N) is 1. The number of hydrogen-bond donors (Lipinski definition) is 1. The van der Waals surface area contributed by atoms with Gasteiger partial charge in [0.25, 0.3) is 0 Å². The Morgan fingerprint density at radius 3 is 2.48 bits per heavy atom. The Bertz CT molecular complexity index is 443. The van der Waals surface area contributed by atoms with Crippen LogP contribution >= 0.6 is 0 Å². The molecule has 0 atom stereocenters. The second kappa shape index (κ2) is 8.67. The summed E-state index contributed by atoms with van der Waals surface area (Å²) < 4.78 is 5.63. The zero-order valence-corrected chi connectivity index (χ0v) is 13.5. The van der Waals surface area contributed by atoms with Gasteiger partial charge in [-0.25, -0.2) is 4.79 Å². The number of carbonyl (C=O) groups is 1. The molecule has 1 aromatic carbocycles. The summed E-state index contributed by atoms with van der Waals surface area (Å²) in [7, 11) is 0. The summed E-state index contributed by atoms with van der Waals surface area (Å²) in [6.07, 6.45) is 0.888. The second-order valence-corrected chi connectivity index (χ2v) is 5.99. The van der Waals surface area contributed by atoms with Crippen LogP contribution in [-0.2, 0) is 0 Å². The van der Waals surface area contributed by atoms with Crippen LogP contribution in [0.4, 0.5) is 0 Å². The molecule has 0 bridgehead atoms. The number of carboxylic acid groups (broad SMARTS) is 1. The minimum Gasteiger partial charge on any atom is -0.493 e. The molecule has 21 heavy (non-hydrogen) atoms. The molecule has 0 fully saturated rings. The first-order chi connectivity index (χ1) is 9.91. The number of hydrogen-bond acceptors (Lipinski definition) is 3. The van der Waals surface area contributed by atoms with Crippen molar-refractivity contribution in [2.24, 2.45) is 5.92 Å². The third-order valence-electron chi connectivity index (χ3n) is 3.29. The smallest absolute Gasteiger partial charge is 0.339 e. The third kappa shape index (κ3) is 6.17. The van der Waals surface area contributed by atoms with Gasteiger partial charge in [-0.1, -0.05) is 26.0 Å². The molecule has 1 aromatic rings. The molecule has 4 heteroatoms. The Morgan fingerprint density at radius 1 is 1.24 bits per heavy atom. The van der Waals surface area contributed by atoms with Crippen molar-refractivity contribution in [1.82, 2.24) is 4.90 Å². The largest absolute Gasteiger partial charge is 0.493 e. The first-order valence-corrected chi connectivity index (χ1v) is 7.61. The molecule has 0 radical (unpaired) electrons. The van der Waals surface area contributed by atoms with E-state index in [1.165, 1.54) is 0 Å². The lowest BCUT2D eigenvalue weighted by Crippen LogP contribution is -2.35. The van der Waals surface area contributed by atoms with E-state index in [0.29, 0.717) is 24.3 Å².